The monoisotopic (exact) mass is 432 g/mol. The minimum absolute atomic E-state index is 0.00534. The van der Waals surface area contributed by atoms with Crippen LogP contribution in [-0.4, -0.2) is 56.7 Å². The summed E-state index contributed by atoms with van der Waals surface area (Å²) in [4.78, 5) is 11.9. The number of hydrogen-bond donors (Lipinski definition) is 3. The molecular weight excluding hydrogens is 388 g/mol. The molecule has 0 saturated heterocycles. The summed E-state index contributed by atoms with van der Waals surface area (Å²) in [7, 11) is 0. The summed E-state index contributed by atoms with van der Waals surface area (Å²) < 4.78 is 5.24. The number of thioether (sulfide) groups is 1. The van der Waals surface area contributed by atoms with Crippen molar-refractivity contribution in [2.45, 2.75) is 122 Å². The van der Waals surface area contributed by atoms with E-state index in [1.54, 1.807) is 11.8 Å². The molecule has 1 aliphatic rings. The Morgan fingerprint density at radius 1 is 1.03 bits per heavy atom. The van der Waals surface area contributed by atoms with E-state index in [4.69, 9.17) is 4.74 Å². The topological polar surface area (TPSA) is 87.0 Å². The summed E-state index contributed by atoms with van der Waals surface area (Å²) >= 11 is 1.63. The second kappa shape index (κ2) is 14.7. The van der Waals surface area contributed by atoms with E-state index in [1.165, 1.54) is 0 Å². The van der Waals surface area contributed by atoms with Gasteiger partial charge in [-0.1, -0.05) is 52.4 Å². The maximum atomic E-state index is 11.9. The Hall–Kier alpha value is -0.300. The van der Waals surface area contributed by atoms with Gasteiger partial charge in [0.05, 0.1) is 30.3 Å². The molecule has 0 aromatic carbocycles. The molecule has 1 aliphatic carbocycles. The van der Waals surface area contributed by atoms with Crippen LogP contribution in [-0.2, 0) is 9.53 Å². The third-order valence-corrected chi connectivity index (χ3v) is 7.46. The lowest BCUT2D eigenvalue weighted by Crippen LogP contribution is -2.27. The number of aliphatic hydroxyl groups excluding tert-OH is 3. The number of carbonyl (C=O) groups excluding carboxylic acids is 1. The molecule has 1 fully saturated rings. The number of aliphatic hydroxyl groups is 3. The van der Waals surface area contributed by atoms with Gasteiger partial charge in [0.1, 0.15) is 0 Å². The molecule has 0 bridgehead atoms. The van der Waals surface area contributed by atoms with Crippen LogP contribution in [0.1, 0.15) is 91.9 Å². The summed E-state index contributed by atoms with van der Waals surface area (Å²) in [6, 6.07) is 0. The van der Waals surface area contributed by atoms with Crippen molar-refractivity contribution in [3.63, 3.8) is 0 Å². The first kappa shape index (κ1) is 26.7. The summed E-state index contributed by atoms with van der Waals surface area (Å²) in [5.41, 5.74) is 0. The van der Waals surface area contributed by atoms with Crippen LogP contribution in [0.2, 0.25) is 0 Å². The van der Waals surface area contributed by atoms with Crippen molar-refractivity contribution in [3.05, 3.63) is 0 Å². The largest absolute Gasteiger partial charge is 0.463 e. The number of rotatable bonds is 15. The standard InChI is InChI=1S/C23H44O5S/c1-5-6-8-12-18(24)15-29-22-19(20(25)14-21(22)26)13-10-7-9-11-17(4)23(27)28-16(2)3/h16-22,24-26H,5-15H2,1-4H3/t17?,18?,19-,20?,21?,22+/m0/s1. The summed E-state index contributed by atoms with van der Waals surface area (Å²) in [5.74, 6) is 0.516. The number of unbranched alkanes of at least 4 members (excludes halogenated alkanes) is 4. The predicted octanol–water partition coefficient (Wildman–Crippen LogP) is 4.31. The van der Waals surface area contributed by atoms with E-state index in [9.17, 15) is 20.1 Å². The average Bonchev–Trinajstić information content (AvgIpc) is 2.92. The first-order valence-electron chi connectivity index (χ1n) is 11.6. The zero-order chi connectivity index (χ0) is 21.8. The van der Waals surface area contributed by atoms with Gasteiger partial charge in [0, 0.05) is 17.4 Å². The van der Waals surface area contributed by atoms with E-state index < -0.39 is 12.2 Å². The van der Waals surface area contributed by atoms with Gasteiger partial charge in [-0.15, -0.1) is 0 Å². The van der Waals surface area contributed by atoms with Crippen molar-refractivity contribution >= 4 is 17.7 Å². The van der Waals surface area contributed by atoms with Gasteiger partial charge in [-0.25, -0.2) is 0 Å². The Morgan fingerprint density at radius 2 is 1.72 bits per heavy atom. The highest BCUT2D eigenvalue weighted by molar-refractivity contribution is 8.00. The van der Waals surface area contributed by atoms with Gasteiger partial charge in [0.2, 0.25) is 0 Å². The van der Waals surface area contributed by atoms with Crippen LogP contribution >= 0.6 is 11.8 Å². The number of hydrogen-bond acceptors (Lipinski definition) is 6. The van der Waals surface area contributed by atoms with E-state index in [0.717, 1.165) is 57.8 Å². The summed E-state index contributed by atoms with van der Waals surface area (Å²) in [5, 5.41) is 30.9. The molecule has 29 heavy (non-hydrogen) atoms. The second-order valence-corrected chi connectivity index (χ2v) is 10.2. The van der Waals surface area contributed by atoms with Crippen LogP contribution in [0.4, 0.5) is 0 Å². The van der Waals surface area contributed by atoms with Gasteiger partial charge in [-0.2, -0.15) is 11.8 Å². The van der Waals surface area contributed by atoms with Crippen molar-refractivity contribution in [1.29, 1.82) is 0 Å². The molecule has 172 valence electrons. The smallest absolute Gasteiger partial charge is 0.308 e. The average molecular weight is 433 g/mol. The van der Waals surface area contributed by atoms with E-state index in [2.05, 4.69) is 6.92 Å². The van der Waals surface area contributed by atoms with Gasteiger partial charge in [-0.3, -0.25) is 4.79 Å². The lowest BCUT2D eigenvalue weighted by molar-refractivity contribution is -0.152. The van der Waals surface area contributed by atoms with E-state index in [1.807, 2.05) is 20.8 Å². The normalized spacial score (nSPS) is 26.6. The van der Waals surface area contributed by atoms with Gasteiger partial charge in [0.25, 0.3) is 0 Å². The molecule has 4 unspecified atom stereocenters. The molecule has 0 radical (unpaired) electrons. The molecule has 5 nitrogen and oxygen atoms in total. The molecule has 3 N–H and O–H groups in total. The van der Waals surface area contributed by atoms with Gasteiger partial charge in [0.15, 0.2) is 0 Å². The van der Waals surface area contributed by atoms with Crippen molar-refractivity contribution in [2.24, 2.45) is 11.8 Å². The second-order valence-electron chi connectivity index (χ2n) is 9.01. The van der Waals surface area contributed by atoms with Gasteiger partial charge < -0.3 is 20.1 Å². The van der Waals surface area contributed by atoms with E-state index in [-0.39, 0.29) is 35.3 Å². The number of ether oxygens (including phenoxy) is 1. The molecule has 6 atom stereocenters. The Kier molecular flexibility index (Phi) is 13.5. The maximum absolute atomic E-state index is 11.9. The maximum Gasteiger partial charge on any atom is 0.308 e. The van der Waals surface area contributed by atoms with Crippen molar-refractivity contribution in [2.75, 3.05) is 5.75 Å². The SMILES string of the molecule is CCCCCC(O)CS[C@H]1C(O)CC(O)[C@@H]1CCCCCC(C)C(=O)OC(C)C. The lowest BCUT2D eigenvalue weighted by atomic mass is 9.95. The van der Waals surface area contributed by atoms with Crippen LogP contribution in [0, 0.1) is 11.8 Å². The van der Waals surface area contributed by atoms with Gasteiger partial charge in [-0.05, 0) is 39.0 Å². The third kappa shape index (κ3) is 10.5. The third-order valence-electron chi connectivity index (χ3n) is 5.83. The minimum atomic E-state index is -0.492. The molecule has 1 saturated carbocycles. The minimum Gasteiger partial charge on any atom is -0.463 e. The molecule has 0 aliphatic heterocycles. The predicted molar refractivity (Wildman–Crippen MR) is 120 cm³/mol. The van der Waals surface area contributed by atoms with Crippen molar-refractivity contribution < 1.29 is 24.9 Å². The fourth-order valence-electron chi connectivity index (χ4n) is 4.06. The molecule has 0 aromatic rings. The molecule has 6 heteroatoms. The zero-order valence-electron chi connectivity index (χ0n) is 18.9. The van der Waals surface area contributed by atoms with Crippen LogP contribution in [0.25, 0.3) is 0 Å². The van der Waals surface area contributed by atoms with Gasteiger partial charge >= 0.3 is 5.97 Å². The van der Waals surface area contributed by atoms with Crippen LogP contribution in [0.15, 0.2) is 0 Å². The first-order valence-corrected chi connectivity index (χ1v) is 12.7. The van der Waals surface area contributed by atoms with Crippen molar-refractivity contribution in [1.82, 2.24) is 0 Å². The summed E-state index contributed by atoms with van der Waals surface area (Å²) in [6.07, 6.45) is 7.89. The molecule has 0 amide bonds. The number of esters is 1. The molecule has 1 rings (SSSR count). The highest BCUT2D eigenvalue weighted by atomic mass is 32.2. The molecule has 0 heterocycles. The van der Waals surface area contributed by atoms with E-state index in [0.29, 0.717) is 12.2 Å². The summed E-state index contributed by atoms with van der Waals surface area (Å²) in [6.45, 7) is 7.80. The molecule has 0 spiro atoms. The molecular formula is C23H44O5S. The van der Waals surface area contributed by atoms with Crippen LogP contribution < -0.4 is 0 Å². The Labute approximate surface area is 182 Å². The highest BCUT2D eigenvalue weighted by Gasteiger charge is 2.41. The Bertz CT molecular complexity index is 445. The molecule has 0 aromatic heterocycles. The fourth-order valence-corrected chi connectivity index (χ4v) is 5.57. The van der Waals surface area contributed by atoms with Crippen LogP contribution in [0.3, 0.4) is 0 Å². The van der Waals surface area contributed by atoms with E-state index >= 15 is 0 Å². The zero-order valence-corrected chi connectivity index (χ0v) is 19.7. The van der Waals surface area contributed by atoms with Crippen LogP contribution in [0.5, 0.6) is 0 Å². The first-order chi connectivity index (χ1) is 13.8. The lowest BCUT2D eigenvalue weighted by Gasteiger charge is -2.24. The number of carbonyl (C=O) groups is 1. The Balaban J connectivity index is 2.30. The van der Waals surface area contributed by atoms with Crippen molar-refractivity contribution in [3.8, 4) is 0 Å². The quantitative estimate of drug-likeness (QED) is 0.264. The highest BCUT2D eigenvalue weighted by Crippen LogP contribution is 2.39. The fraction of sp³-hybridized carbons (Fsp3) is 0.957. The Morgan fingerprint density at radius 3 is 2.38 bits per heavy atom.